The summed E-state index contributed by atoms with van der Waals surface area (Å²) in [6.07, 6.45) is 1.81. The second kappa shape index (κ2) is 11.6. The van der Waals surface area contributed by atoms with E-state index < -0.39 is 12.0 Å². The van der Waals surface area contributed by atoms with Gasteiger partial charge in [0.2, 0.25) is 0 Å². The number of hydrogen-bond acceptors (Lipinski definition) is 7. The number of aromatic nitrogens is 1. The number of carbonyl (C=O) groups is 1. The van der Waals surface area contributed by atoms with Crippen LogP contribution in [0.1, 0.15) is 29.7 Å². The van der Waals surface area contributed by atoms with Crippen LogP contribution >= 0.6 is 33.9 Å². The predicted octanol–water partition coefficient (Wildman–Crippen LogP) is 4.60. The van der Waals surface area contributed by atoms with E-state index in [-0.39, 0.29) is 5.56 Å². The van der Waals surface area contributed by atoms with Crippen LogP contribution < -0.4 is 24.4 Å². The monoisotopic (exact) mass is 652 g/mol. The Labute approximate surface area is 242 Å². The van der Waals surface area contributed by atoms with E-state index in [1.807, 2.05) is 78.9 Å². The van der Waals surface area contributed by atoms with Gasteiger partial charge in [0.1, 0.15) is 6.61 Å². The molecule has 1 aromatic heterocycles. The van der Waals surface area contributed by atoms with Crippen molar-refractivity contribution in [2.45, 2.75) is 19.6 Å². The molecule has 0 saturated heterocycles. The van der Waals surface area contributed by atoms with Gasteiger partial charge in [0, 0.05) is 0 Å². The number of benzene rings is 3. The Morgan fingerprint density at radius 1 is 1.08 bits per heavy atom. The van der Waals surface area contributed by atoms with Gasteiger partial charge in [-0.3, -0.25) is 9.36 Å². The molecule has 0 saturated carbocycles. The van der Waals surface area contributed by atoms with Crippen LogP contribution in [0.3, 0.4) is 0 Å². The SMILES string of the molecule is COC(=O)C1=C(C)N=c2sc(=Cc3cc(I)c(OCc4ccccc4)c(OC)c3)c(=O)n2C1c1ccccc1. The molecular formula is C30H25IN2O5S. The number of halogens is 1. The third-order valence-corrected chi connectivity index (χ3v) is 8.10. The van der Waals surface area contributed by atoms with Crippen LogP contribution in [-0.4, -0.2) is 24.8 Å². The van der Waals surface area contributed by atoms with Gasteiger partial charge in [-0.25, -0.2) is 9.79 Å². The zero-order valence-electron chi connectivity index (χ0n) is 21.5. The molecule has 0 aliphatic carbocycles. The number of methoxy groups -OCH3 is 2. The summed E-state index contributed by atoms with van der Waals surface area (Å²) in [5.74, 6) is 0.704. The van der Waals surface area contributed by atoms with Crippen LogP contribution in [0.5, 0.6) is 11.5 Å². The van der Waals surface area contributed by atoms with Crippen molar-refractivity contribution in [1.82, 2.24) is 4.57 Å². The molecule has 4 aromatic rings. The van der Waals surface area contributed by atoms with E-state index in [4.69, 9.17) is 14.2 Å². The maximum Gasteiger partial charge on any atom is 0.338 e. The molecule has 1 aliphatic rings. The first-order valence-corrected chi connectivity index (χ1v) is 14.0. The van der Waals surface area contributed by atoms with Gasteiger partial charge in [0.05, 0.1) is 39.6 Å². The van der Waals surface area contributed by atoms with Crippen molar-refractivity contribution in [2.24, 2.45) is 4.99 Å². The number of allylic oxidation sites excluding steroid dienone is 1. The van der Waals surface area contributed by atoms with Gasteiger partial charge >= 0.3 is 5.97 Å². The average molecular weight is 653 g/mol. The first-order valence-electron chi connectivity index (χ1n) is 12.1. The third-order valence-electron chi connectivity index (χ3n) is 6.32. The lowest BCUT2D eigenvalue weighted by molar-refractivity contribution is -0.136. The fraction of sp³-hybridized carbons (Fsp3) is 0.167. The first kappa shape index (κ1) is 26.9. The highest BCUT2D eigenvalue weighted by atomic mass is 127. The van der Waals surface area contributed by atoms with Gasteiger partial charge in [-0.1, -0.05) is 72.0 Å². The molecule has 1 aliphatic heterocycles. The van der Waals surface area contributed by atoms with Gasteiger partial charge in [0.15, 0.2) is 16.3 Å². The Kier molecular flexibility index (Phi) is 7.99. The molecular weight excluding hydrogens is 627 g/mol. The van der Waals surface area contributed by atoms with E-state index in [0.717, 1.165) is 20.3 Å². The highest BCUT2D eigenvalue weighted by Gasteiger charge is 2.32. The Bertz CT molecular complexity index is 1740. The van der Waals surface area contributed by atoms with Crippen molar-refractivity contribution in [3.05, 3.63) is 124 Å². The zero-order chi connectivity index (χ0) is 27.5. The summed E-state index contributed by atoms with van der Waals surface area (Å²) in [5.41, 5.74) is 3.28. The van der Waals surface area contributed by atoms with Gasteiger partial charge in [-0.15, -0.1) is 0 Å². The van der Waals surface area contributed by atoms with Crippen molar-refractivity contribution >= 4 is 46.0 Å². The number of ether oxygens (including phenoxy) is 3. The van der Waals surface area contributed by atoms with E-state index in [2.05, 4.69) is 27.6 Å². The van der Waals surface area contributed by atoms with Gasteiger partial charge in [-0.2, -0.15) is 0 Å². The Morgan fingerprint density at radius 2 is 1.77 bits per heavy atom. The summed E-state index contributed by atoms with van der Waals surface area (Å²) in [6.45, 7) is 2.17. The molecule has 0 spiro atoms. The summed E-state index contributed by atoms with van der Waals surface area (Å²) in [7, 11) is 2.92. The summed E-state index contributed by atoms with van der Waals surface area (Å²) in [6, 6.07) is 22.5. The molecule has 0 N–H and O–H groups in total. The quantitative estimate of drug-likeness (QED) is 0.216. The molecule has 39 heavy (non-hydrogen) atoms. The van der Waals surface area contributed by atoms with Gasteiger partial charge < -0.3 is 14.2 Å². The predicted molar refractivity (Wildman–Crippen MR) is 159 cm³/mol. The molecule has 7 nitrogen and oxygen atoms in total. The largest absolute Gasteiger partial charge is 0.493 e. The standard InChI is InChI=1S/C30H25IN2O5S/c1-18-25(29(35)37-3)26(21-12-8-5-9-13-21)33-28(34)24(39-30(33)32-18)16-20-14-22(31)27(23(15-20)36-2)38-17-19-10-6-4-7-11-19/h4-16,26H,17H2,1-3H3. The zero-order valence-corrected chi connectivity index (χ0v) is 24.5. The molecule has 9 heteroatoms. The minimum absolute atomic E-state index is 0.236. The molecule has 1 unspecified atom stereocenters. The second-order valence-electron chi connectivity index (χ2n) is 8.79. The van der Waals surface area contributed by atoms with E-state index in [1.54, 1.807) is 18.6 Å². The Hall–Kier alpha value is -3.70. The number of carbonyl (C=O) groups excluding carboxylic acids is 1. The van der Waals surface area contributed by atoms with Crippen LogP contribution in [0.2, 0.25) is 0 Å². The summed E-state index contributed by atoms with van der Waals surface area (Å²) < 4.78 is 19.7. The van der Waals surface area contributed by atoms with Crippen LogP contribution in [0, 0.1) is 3.57 Å². The second-order valence-corrected chi connectivity index (χ2v) is 11.0. The molecule has 3 aromatic carbocycles. The summed E-state index contributed by atoms with van der Waals surface area (Å²) >= 11 is 3.49. The smallest absolute Gasteiger partial charge is 0.338 e. The van der Waals surface area contributed by atoms with Crippen LogP contribution in [-0.2, 0) is 16.1 Å². The lowest BCUT2D eigenvalue weighted by Gasteiger charge is -2.24. The molecule has 0 fully saturated rings. The van der Waals surface area contributed by atoms with Crippen molar-refractivity contribution in [3.8, 4) is 11.5 Å². The molecule has 0 radical (unpaired) electrons. The number of nitrogens with zero attached hydrogens (tertiary/aromatic N) is 2. The summed E-state index contributed by atoms with van der Waals surface area (Å²) in [5, 5.41) is 0. The molecule has 2 heterocycles. The van der Waals surface area contributed by atoms with E-state index >= 15 is 0 Å². The maximum atomic E-state index is 13.8. The van der Waals surface area contributed by atoms with Gasteiger partial charge in [0.25, 0.3) is 5.56 Å². The highest BCUT2D eigenvalue weighted by Crippen LogP contribution is 2.35. The highest BCUT2D eigenvalue weighted by molar-refractivity contribution is 14.1. The van der Waals surface area contributed by atoms with Crippen LogP contribution in [0.4, 0.5) is 0 Å². The first-order chi connectivity index (χ1) is 18.9. The molecule has 5 rings (SSSR count). The maximum absolute atomic E-state index is 13.8. The minimum atomic E-state index is -0.638. The fourth-order valence-electron chi connectivity index (χ4n) is 4.49. The van der Waals surface area contributed by atoms with Crippen molar-refractivity contribution in [1.29, 1.82) is 0 Å². The van der Waals surface area contributed by atoms with E-state index in [1.165, 1.54) is 18.4 Å². The normalized spacial score (nSPS) is 15.0. The number of rotatable bonds is 7. The lowest BCUT2D eigenvalue weighted by atomic mass is 9.96. The number of hydrogen-bond donors (Lipinski definition) is 0. The number of fused-ring (bicyclic) bond motifs is 1. The molecule has 0 amide bonds. The fourth-order valence-corrected chi connectivity index (χ4v) is 6.32. The Balaban J connectivity index is 1.58. The van der Waals surface area contributed by atoms with Crippen molar-refractivity contribution in [2.75, 3.05) is 14.2 Å². The third kappa shape index (κ3) is 5.41. The van der Waals surface area contributed by atoms with E-state index in [0.29, 0.717) is 38.7 Å². The molecule has 198 valence electrons. The minimum Gasteiger partial charge on any atom is -0.493 e. The van der Waals surface area contributed by atoms with Crippen molar-refractivity contribution in [3.63, 3.8) is 0 Å². The summed E-state index contributed by atoms with van der Waals surface area (Å²) in [4.78, 5) is 31.7. The van der Waals surface area contributed by atoms with E-state index in [9.17, 15) is 9.59 Å². The van der Waals surface area contributed by atoms with Crippen molar-refractivity contribution < 1.29 is 19.0 Å². The van der Waals surface area contributed by atoms with Crippen LogP contribution in [0.25, 0.3) is 6.08 Å². The van der Waals surface area contributed by atoms with Gasteiger partial charge in [-0.05, 0) is 64.4 Å². The molecule has 0 bridgehead atoms. The number of esters is 1. The number of thiazole rings is 1. The lowest BCUT2D eigenvalue weighted by Crippen LogP contribution is -2.39. The van der Waals surface area contributed by atoms with Crippen LogP contribution in [0.15, 0.2) is 93.9 Å². The average Bonchev–Trinajstić information content (AvgIpc) is 3.25. The topological polar surface area (TPSA) is 79.1 Å². The molecule has 1 atom stereocenters. The Morgan fingerprint density at radius 3 is 2.44 bits per heavy atom.